The normalized spacial score (nSPS) is 17.5. The first kappa shape index (κ1) is 13.2. The van der Waals surface area contributed by atoms with Crippen LogP contribution in [0.5, 0.6) is 0 Å². The van der Waals surface area contributed by atoms with Crippen molar-refractivity contribution in [2.45, 2.75) is 25.4 Å². The molecule has 1 saturated heterocycles. The molecule has 106 valence electrons. The van der Waals surface area contributed by atoms with Gasteiger partial charge in [0.2, 0.25) is 11.7 Å². The molecule has 0 radical (unpaired) electrons. The summed E-state index contributed by atoms with van der Waals surface area (Å²) in [5, 5.41) is 3.85. The minimum Gasteiger partial charge on any atom is -0.338 e. The van der Waals surface area contributed by atoms with E-state index in [1.807, 2.05) is 0 Å². The van der Waals surface area contributed by atoms with Crippen molar-refractivity contribution in [1.29, 1.82) is 0 Å². The summed E-state index contributed by atoms with van der Waals surface area (Å²) in [5.74, 6) is 0.467. The van der Waals surface area contributed by atoms with Crippen LogP contribution in [0, 0.1) is 5.82 Å². The predicted octanol–water partition coefficient (Wildman–Crippen LogP) is 1.80. The molecule has 0 spiro atoms. The Morgan fingerprint density at radius 3 is 2.80 bits per heavy atom. The Bertz CT molecular complexity index is 578. The summed E-state index contributed by atoms with van der Waals surface area (Å²) in [4.78, 5) is 6.49. The number of aromatic nitrogens is 2. The van der Waals surface area contributed by atoms with E-state index in [1.165, 1.54) is 6.07 Å². The molecule has 3 rings (SSSR count). The lowest BCUT2D eigenvalue weighted by Crippen LogP contribution is -2.39. The maximum absolute atomic E-state index is 13.6. The van der Waals surface area contributed by atoms with Gasteiger partial charge in [-0.1, -0.05) is 17.3 Å². The Hall–Kier alpha value is -1.79. The lowest BCUT2D eigenvalue weighted by molar-refractivity contribution is 0.182. The number of nitrogens with zero attached hydrogens (tertiary/aromatic N) is 3. The Balaban J connectivity index is 1.70. The van der Waals surface area contributed by atoms with E-state index in [0.717, 1.165) is 25.9 Å². The highest BCUT2D eigenvalue weighted by atomic mass is 19.1. The first-order valence-electron chi connectivity index (χ1n) is 6.78. The molecule has 5 nitrogen and oxygen atoms in total. The minimum atomic E-state index is -0.344. The number of likely N-dealkylation sites (tertiary alicyclic amines) is 1. The van der Waals surface area contributed by atoms with E-state index in [0.29, 0.717) is 29.9 Å². The fourth-order valence-corrected chi connectivity index (χ4v) is 2.37. The predicted molar refractivity (Wildman–Crippen MR) is 72.2 cm³/mol. The summed E-state index contributed by atoms with van der Waals surface area (Å²) in [6.45, 7) is 2.45. The van der Waals surface area contributed by atoms with Crippen LogP contribution in [-0.2, 0) is 6.54 Å². The van der Waals surface area contributed by atoms with Crippen molar-refractivity contribution in [3.05, 3.63) is 36.0 Å². The summed E-state index contributed by atoms with van der Waals surface area (Å²) in [7, 11) is 0. The summed E-state index contributed by atoms with van der Waals surface area (Å²) in [5.41, 5.74) is 6.23. The first-order chi connectivity index (χ1) is 9.72. The zero-order valence-electron chi connectivity index (χ0n) is 11.1. The van der Waals surface area contributed by atoms with Crippen molar-refractivity contribution in [1.82, 2.24) is 15.0 Å². The van der Waals surface area contributed by atoms with Crippen molar-refractivity contribution in [2.75, 3.05) is 13.1 Å². The number of piperidine rings is 1. The fourth-order valence-electron chi connectivity index (χ4n) is 2.37. The molecule has 0 bridgehead atoms. The quantitative estimate of drug-likeness (QED) is 0.925. The maximum Gasteiger partial charge on any atom is 0.241 e. The zero-order chi connectivity index (χ0) is 13.9. The molecule has 1 aliphatic rings. The third-order valence-corrected chi connectivity index (χ3v) is 3.57. The van der Waals surface area contributed by atoms with Gasteiger partial charge in [-0.3, -0.25) is 4.90 Å². The van der Waals surface area contributed by atoms with Crippen LogP contribution in [0.2, 0.25) is 0 Å². The number of rotatable bonds is 3. The zero-order valence-corrected chi connectivity index (χ0v) is 11.1. The molecule has 0 unspecified atom stereocenters. The van der Waals surface area contributed by atoms with Crippen LogP contribution in [-0.4, -0.2) is 34.2 Å². The number of hydrogen-bond donors (Lipinski definition) is 1. The molecule has 0 amide bonds. The van der Waals surface area contributed by atoms with E-state index in [2.05, 4.69) is 15.0 Å². The number of hydrogen-bond acceptors (Lipinski definition) is 5. The van der Waals surface area contributed by atoms with Crippen molar-refractivity contribution >= 4 is 0 Å². The smallest absolute Gasteiger partial charge is 0.241 e. The molecule has 0 saturated carbocycles. The van der Waals surface area contributed by atoms with E-state index in [4.69, 9.17) is 10.3 Å². The lowest BCUT2D eigenvalue weighted by Gasteiger charge is -2.28. The van der Waals surface area contributed by atoms with Gasteiger partial charge in [-0.2, -0.15) is 4.98 Å². The van der Waals surface area contributed by atoms with Gasteiger partial charge in [-0.25, -0.2) is 4.39 Å². The molecular formula is C14H17FN4O. The van der Waals surface area contributed by atoms with E-state index in [-0.39, 0.29) is 5.82 Å². The molecular weight excluding hydrogens is 259 g/mol. The van der Waals surface area contributed by atoms with Crippen LogP contribution in [0.4, 0.5) is 4.39 Å². The summed E-state index contributed by atoms with van der Waals surface area (Å²) in [6, 6.07) is 6.71. The molecule has 0 aliphatic carbocycles. The van der Waals surface area contributed by atoms with Gasteiger partial charge < -0.3 is 10.3 Å². The van der Waals surface area contributed by atoms with E-state index in [9.17, 15) is 4.39 Å². The highest BCUT2D eigenvalue weighted by Crippen LogP contribution is 2.20. The molecule has 1 aromatic heterocycles. The molecule has 6 heteroatoms. The van der Waals surface area contributed by atoms with Gasteiger partial charge in [0.1, 0.15) is 5.82 Å². The second-order valence-corrected chi connectivity index (χ2v) is 5.11. The van der Waals surface area contributed by atoms with Crippen molar-refractivity contribution in [3.63, 3.8) is 0 Å². The van der Waals surface area contributed by atoms with Crippen molar-refractivity contribution in [2.24, 2.45) is 5.73 Å². The molecule has 0 atom stereocenters. The Morgan fingerprint density at radius 2 is 2.05 bits per heavy atom. The van der Waals surface area contributed by atoms with Crippen molar-refractivity contribution in [3.8, 4) is 11.4 Å². The average Bonchev–Trinajstić information content (AvgIpc) is 2.90. The topological polar surface area (TPSA) is 68.2 Å². The summed E-state index contributed by atoms with van der Waals surface area (Å²) < 4.78 is 18.8. The van der Waals surface area contributed by atoms with Crippen LogP contribution < -0.4 is 5.73 Å². The first-order valence-corrected chi connectivity index (χ1v) is 6.78. The Kier molecular flexibility index (Phi) is 3.75. The molecule has 2 aromatic rings. The highest BCUT2D eigenvalue weighted by molar-refractivity contribution is 5.54. The van der Waals surface area contributed by atoms with Crippen molar-refractivity contribution < 1.29 is 8.91 Å². The average molecular weight is 276 g/mol. The molecule has 1 aromatic carbocycles. The summed E-state index contributed by atoms with van der Waals surface area (Å²) >= 11 is 0. The van der Waals surface area contributed by atoms with Gasteiger partial charge >= 0.3 is 0 Å². The Morgan fingerprint density at radius 1 is 1.30 bits per heavy atom. The molecule has 1 aliphatic heterocycles. The third kappa shape index (κ3) is 2.86. The van der Waals surface area contributed by atoms with E-state index in [1.54, 1.807) is 18.2 Å². The van der Waals surface area contributed by atoms with Gasteiger partial charge in [0, 0.05) is 19.1 Å². The Labute approximate surface area is 116 Å². The van der Waals surface area contributed by atoms with Gasteiger partial charge in [-0.15, -0.1) is 0 Å². The minimum absolute atomic E-state index is 0.294. The van der Waals surface area contributed by atoms with Gasteiger partial charge in [-0.05, 0) is 25.0 Å². The van der Waals surface area contributed by atoms with E-state index >= 15 is 0 Å². The highest BCUT2D eigenvalue weighted by Gasteiger charge is 2.19. The largest absolute Gasteiger partial charge is 0.338 e. The lowest BCUT2D eigenvalue weighted by atomic mass is 10.1. The summed E-state index contributed by atoms with van der Waals surface area (Å²) in [6.07, 6.45) is 1.96. The monoisotopic (exact) mass is 276 g/mol. The fraction of sp³-hybridized carbons (Fsp3) is 0.429. The van der Waals surface area contributed by atoms with Crippen LogP contribution in [0.3, 0.4) is 0 Å². The van der Waals surface area contributed by atoms with Gasteiger partial charge in [0.05, 0.1) is 12.1 Å². The SMILES string of the molecule is NC1CCN(Cc2nc(-c3ccccc3F)no2)CC1. The van der Waals surface area contributed by atoms with Crippen LogP contribution in [0.1, 0.15) is 18.7 Å². The number of halogens is 1. The van der Waals surface area contributed by atoms with Gasteiger partial charge in [0.25, 0.3) is 0 Å². The van der Waals surface area contributed by atoms with Crippen LogP contribution in [0.15, 0.2) is 28.8 Å². The van der Waals surface area contributed by atoms with Gasteiger partial charge in [0.15, 0.2) is 0 Å². The second kappa shape index (κ2) is 5.68. The second-order valence-electron chi connectivity index (χ2n) is 5.11. The number of nitrogens with two attached hydrogens (primary N) is 1. The number of benzene rings is 1. The molecule has 2 heterocycles. The standard InChI is InChI=1S/C14H17FN4O/c15-12-4-2-1-3-11(12)14-17-13(20-18-14)9-19-7-5-10(16)6-8-19/h1-4,10H,5-9,16H2. The molecule has 20 heavy (non-hydrogen) atoms. The van der Waals surface area contributed by atoms with Crippen LogP contribution in [0.25, 0.3) is 11.4 Å². The maximum atomic E-state index is 13.6. The molecule has 1 fully saturated rings. The van der Waals surface area contributed by atoms with E-state index < -0.39 is 0 Å². The van der Waals surface area contributed by atoms with Crippen LogP contribution >= 0.6 is 0 Å². The third-order valence-electron chi connectivity index (χ3n) is 3.57. The molecule has 2 N–H and O–H groups in total.